The van der Waals surface area contributed by atoms with Gasteiger partial charge in [-0.2, -0.15) is 0 Å². The highest BCUT2D eigenvalue weighted by molar-refractivity contribution is 6.34. The van der Waals surface area contributed by atoms with Gasteiger partial charge in [0.1, 0.15) is 11.3 Å². The number of allylic oxidation sites excluding steroid dienone is 1. The fourth-order valence-electron chi connectivity index (χ4n) is 1.50. The van der Waals surface area contributed by atoms with E-state index in [0.717, 1.165) is 0 Å². The summed E-state index contributed by atoms with van der Waals surface area (Å²) >= 11 is 5.87. The predicted octanol–water partition coefficient (Wildman–Crippen LogP) is 2.94. The fraction of sp³-hybridized carbons (Fsp3) is 0.214. The second-order valence-electron chi connectivity index (χ2n) is 3.80. The predicted molar refractivity (Wildman–Crippen MR) is 75.5 cm³/mol. The number of halogens is 1. The zero-order valence-corrected chi connectivity index (χ0v) is 11.6. The quantitative estimate of drug-likeness (QED) is 0.278. The van der Waals surface area contributed by atoms with Gasteiger partial charge in [0.2, 0.25) is 0 Å². The zero-order valence-electron chi connectivity index (χ0n) is 10.9. The van der Waals surface area contributed by atoms with E-state index < -0.39 is 23.9 Å². The lowest BCUT2D eigenvalue weighted by molar-refractivity contribution is -0.138. The van der Waals surface area contributed by atoms with Gasteiger partial charge in [0.05, 0.1) is 18.1 Å². The maximum Gasteiger partial charge on any atom is 0.343 e. The van der Waals surface area contributed by atoms with E-state index in [-0.39, 0.29) is 22.8 Å². The molecule has 20 heavy (non-hydrogen) atoms. The Kier molecular flexibility index (Phi) is 5.93. The van der Waals surface area contributed by atoms with Crippen molar-refractivity contribution in [1.29, 1.82) is 5.41 Å². The summed E-state index contributed by atoms with van der Waals surface area (Å²) in [6, 6.07) is 6.39. The SMILES string of the molecule is CCOC(=O)/C(C=N)=C(/O)CC(=O)c1ccccc1Cl. The number of hydrogen-bond acceptors (Lipinski definition) is 5. The van der Waals surface area contributed by atoms with E-state index in [0.29, 0.717) is 6.21 Å². The molecule has 2 N–H and O–H groups in total. The summed E-state index contributed by atoms with van der Waals surface area (Å²) in [7, 11) is 0. The molecule has 0 atom stereocenters. The second-order valence-corrected chi connectivity index (χ2v) is 4.21. The van der Waals surface area contributed by atoms with E-state index >= 15 is 0 Å². The molecular formula is C14H14ClNO4. The van der Waals surface area contributed by atoms with Crippen LogP contribution in [-0.2, 0) is 9.53 Å². The first-order chi connectivity index (χ1) is 9.51. The molecule has 1 aromatic carbocycles. The van der Waals surface area contributed by atoms with Crippen molar-refractivity contribution in [2.45, 2.75) is 13.3 Å². The standard InChI is InChI=1S/C14H14ClNO4/c1-2-20-14(19)10(8-16)13(18)7-12(17)9-5-3-4-6-11(9)15/h3-6,8,16,18H,2,7H2,1H3/b13-10+,16-8?. The number of esters is 1. The molecule has 0 aliphatic rings. The molecule has 0 aliphatic carbocycles. The van der Waals surface area contributed by atoms with E-state index in [4.69, 9.17) is 17.0 Å². The Balaban J connectivity index is 2.96. The van der Waals surface area contributed by atoms with Crippen molar-refractivity contribution < 1.29 is 19.4 Å². The van der Waals surface area contributed by atoms with Crippen molar-refractivity contribution in [3.05, 3.63) is 46.2 Å². The molecule has 1 rings (SSSR count). The van der Waals surface area contributed by atoms with Gasteiger partial charge in [0, 0.05) is 11.8 Å². The van der Waals surface area contributed by atoms with Gasteiger partial charge in [-0.25, -0.2) is 4.79 Å². The highest BCUT2D eigenvalue weighted by Crippen LogP contribution is 2.19. The van der Waals surface area contributed by atoms with Crippen LogP contribution in [0.4, 0.5) is 0 Å². The molecule has 0 saturated heterocycles. The third-order valence-corrected chi connectivity index (χ3v) is 2.78. The monoisotopic (exact) mass is 295 g/mol. The summed E-state index contributed by atoms with van der Waals surface area (Å²) in [5.74, 6) is -1.80. The Labute approximate surface area is 121 Å². The van der Waals surface area contributed by atoms with Gasteiger partial charge in [0.25, 0.3) is 0 Å². The van der Waals surface area contributed by atoms with Crippen molar-refractivity contribution in [2.75, 3.05) is 6.61 Å². The van der Waals surface area contributed by atoms with Gasteiger partial charge >= 0.3 is 5.97 Å². The number of aliphatic hydroxyl groups excluding tert-OH is 1. The highest BCUT2D eigenvalue weighted by atomic mass is 35.5. The van der Waals surface area contributed by atoms with E-state index in [2.05, 4.69) is 4.74 Å². The van der Waals surface area contributed by atoms with Crippen LogP contribution in [0, 0.1) is 5.41 Å². The molecule has 0 amide bonds. The average Bonchev–Trinajstić information content (AvgIpc) is 2.40. The molecule has 1 aromatic rings. The second kappa shape index (κ2) is 7.45. The van der Waals surface area contributed by atoms with E-state index in [9.17, 15) is 14.7 Å². The van der Waals surface area contributed by atoms with Crippen LogP contribution in [0.15, 0.2) is 35.6 Å². The van der Waals surface area contributed by atoms with Gasteiger partial charge in [-0.1, -0.05) is 23.7 Å². The Morgan fingerprint density at radius 2 is 2.05 bits per heavy atom. The molecule has 0 aliphatic heterocycles. The summed E-state index contributed by atoms with van der Waals surface area (Å²) in [5.41, 5.74) is -0.0961. The molecule has 5 nitrogen and oxygen atoms in total. The Hall–Kier alpha value is -2.14. The van der Waals surface area contributed by atoms with Gasteiger partial charge in [-0.05, 0) is 19.1 Å². The molecule has 0 unspecified atom stereocenters. The molecule has 0 bridgehead atoms. The van der Waals surface area contributed by atoms with Crippen LogP contribution < -0.4 is 0 Å². The summed E-state index contributed by atoms with van der Waals surface area (Å²) < 4.78 is 4.68. The largest absolute Gasteiger partial charge is 0.511 e. The molecule has 0 aromatic heterocycles. The van der Waals surface area contributed by atoms with Crippen LogP contribution in [0.25, 0.3) is 0 Å². The number of hydrogen-bond donors (Lipinski definition) is 2. The number of nitrogens with one attached hydrogen (secondary N) is 1. The number of carbonyl (C=O) groups is 2. The van der Waals surface area contributed by atoms with Crippen LogP contribution in [-0.4, -0.2) is 29.7 Å². The smallest absolute Gasteiger partial charge is 0.343 e. The van der Waals surface area contributed by atoms with Crippen molar-refractivity contribution >= 4 is 29.6 Å². The molecule has 0 fully saturated rings. The van der Waals surface area contributed by atoms with Crippen molar-refractivity contribution in [3.63, 3.8) is 0 Å². The summed E-state index contributed by atoms with van der Waals surface area (Å²) in [5, 5.41) is 17.2. The summed E-state index contributed by atoms with van der Waals surface area (Å²) in [4.78, 5) is 23.4. The maximum atomic E-state index is 12.0. The minimum atomic E-state index is -0.841. The first kappa shape index (κ1) is 15.9. The van der Waals surface area contributed by atoms with Gasteiger partial charge < -0.3 is 15.3 Å². The molecule has 0 heterocycles. The number of carbonyl (C=O) groups excluding carboxylic acids is 2. The normalized spacial score (nSPS) is 11.5. The molecular weight excluding hydrogens is 282 g/mol. The number of aliphatic hydroxyl groups is 1. The number of rotatable bonds is 6. The van der Waals surface area contributed by atoms with E-state index in [1.54, 1.807) is 25.1 Å². The molecule has 0 saturated carbocycles. The molecule has 0 radical (unpaired) electrons. The Morgan fingerprint density at radius 1 is 1.40 bits per heavy atom. The van der Waals surface area contributed by atoms with Crippen LogP contribution in [0.3, 0.4) is 0 Å². The van der Waals surface area contributed by atoms with Crippen LogP contribution in [0.2, 0.25) is 5.02 Å². The van der Waals surface area contributed by atoms with Gasteiger partial charge in [0.15, 0.2) is 5.78 Å². The van der Waals surface area contributed by atoms with Crippen molar-refractivity contribution in [1.82, 2.24) is 0 Å². The topological polar surface area (TPSA) is 87.5 Å². The first-order valence-electron chi connectivity index (χ1n) is 5.88. The molecule has 6 heteroatoms. The first-order valence-corrected chi connectivity index (χ1v) is 6.26. The number of ether oxygens (including phenoxy) is 1. The van der Waals surface area contributed by atoms with Gasteiger partial charge in [-0.3, -0.25) is 4.79 Å². The third kappa shape index (κ3) is 3.93. The van der Waals surface area contributed by atoms with E-state index in [1.165, 1.54) is 6.07 Å². The Morgan fingerprint density at radius 3 is 2.60 bits per heavy atom. The number of benzene rings is 1. The van der Waals surface area contributed by atoms with E-state index in [1.807, 2.05) is 0 Å². The van der Waals surface area contributed by atoms with Gasteiger partial charge in [-0.15, -0.1) is 0 Å². The number of Topliss-reactive ketones (excluding diaryl/α,β-unsaturated/α-hetero) is 1. The maximum absolute atomic E-state index is 12.0. The zero-order chi connectivity index (χ0) is 15.1. The average molecular weight is 296 g/mol. The lowest BCUT2D eigenvalue weighted by atomic mass is 10.1. The van der Waals surface area contributed by atoms with Crippen LogP contribution in [0.5, 0.6) is 0 Å². The minimum Gasteiger partial charge on any atom is -0.511 e. The minimum absolute atomic E-state index is 0.113. The highest BCUT2D eigenvalue weighted by Gasteiger charge is 2.18. The number of ketones is 1. The van der Waals surface area contributed by atoms with Crippen molar-refractivity contribution in [3.8, 4) is 0 Å². The van der Waals surface area contributed by atoms with Crippen LogP contribution in [0.1, 0.15) is 23.7 Å². The molecule has 106 valence electrons. The third-order valence-electron chi connectivity index (χ3n) is 2.45. The van der Waals surface area contributed by atoms with Crippen LogP contribution >= 0.6 is 11.6 Å². The fourth-order valence-corrected chi connectivity index (χ4v) is 1.74. The Bertz CT molecular complexity index is 566. The summed E-state index contributed by atoms with van der Waals surface area (Å²) in [6.07, 6.45) is 0.237. The molecule has 0 spiro atoms. The lowest BCUT2D eigenvalue weighted by Gasteiger charge is -2.06. The van der Waals surface area contributed by atoms with Crippen molar-refractivity contribution in [2.24, 2.45) is 0 Å². The summed E-state index contributed by atoms with van der Waals surface area (Å²) in [6.45, 7) is 1.72. The lowest BCUT2D eigenvalue weighted by Crippen LogP contribution is -2.13.